The number of hydrogen-bond acceptors (Lipinski definition) is 6. The van der Waals surface area contributed by atoms with Crippen molar-refractivity contribution in [2.24, 2.45) is 0 Å². The fourth-order valence-electron chi connectivity index (χ4n) is 4.72. The number of amides is 1. The largest absolute Gasteiger partial charge is 0.393 e. The van der Waals surface area contributed by atoms with Crippen LogP contribution >= 0.6 is 0 Å². The summed E-state index contributed by atoms with van der Waals surface area (Å²) in [5.41, 5.74) is 4.44. The van der Waals surface area contributed by atoms with Gasteiger partial charge in [0, 0.05) is 66.5 Å². The number of nitrogens with one attached hydrogen (secondary N) is 2. The van der Waals surface area contributed by atoms with Gasteiger partial charge in [-0.2, -0.15) is 13.2 Å². The lowest BCUT2D eigenvalue weighted by molar-refractivity contribution is -0.127. The first kappa shape index (κ1) is 25.6. The Morgan fingerprint density at radius 2 is 1.79 bits per heavy atom. The molecule has 0 atom stereocenters. The van der Waals surface area contributed by atoms with Crippen LogP contribution in [0.25, 0.3) is 11.6 Å². The quantitative estimate of drug-likeness (QED) is 0.381. The summed E-state index contributed by atoms with van der Waals surface area (Å²) in [6.45, 7) is 5.48. The van der Waals surface area contributed by atoms with Crippen molar-refractivity contribution in [3.05, 3.63) is 82.2 Å². The maximum atomic E-state index is 12.9. The van der Waals surface area contributed by atoms with Crippen molar-refractivity contribution < 1.29 is 18.0 Å². The molecule has 0 aliphatic carbocycles. The minimum absolute atomic E-state index is 0.0967. The molecule has 3 heterocycles. The monoisotopic (exact) mass is 520 g/mol. The van der Waals surface area contributed by atoms with E-state index >= 15 is 0 Å². The molecule has 5 rings (SSSR count). The number of piperazine rings is 1. The highest BCUT2D eigenvalue weighted by atomic mass is 19.4. The lowest BCUT2D eigenvalue weighted by Crippen LogP contribution is -2.45. The van der Waals surface area contributed by atoms with Crippen LogP contribution < -0.4 is 10.2 Å². The second-order valence-electron chi connectivity index (χ2n) is 9.70. The number of halogens is 3. The number of likely N-dealkylation sites (N-methyl/N-ethyl adjacent to an activating group) is 1. The Morgan fingerprint density at radius 1 is 1.08 bits per heavy atom. The molecule has 1 aromatic heterocycles. The third-order valence-electron chi connectivity index (χ3n) is 6.82. The van der Waals surface area contributed by atoms with Gasteiger partial charge in [-0.3, -0.25) is 10.2 Å². The zero-order valence-electron chi connectivity index (χ0n) is 21.1. The molecular formula is C28H27F3N6O. The molecule has 1 amide bonds. The molecule has 2 aliphatic heterocycles. The molecule has 0 unspecified atom stereocenters. The van der Waals surface area contributed by atoms with Gasteiger partial charge in [0.1, 0.15) is 0 Å². The van der Waals surface area contributed by atoms with Gasteiger partial charge < -0.3 is 15.1 Å². The van der Waals surface area contributed by atoms with Crippen molar-refractivity contribution in [2.75, 3.05) is 43.4 Å². The van der Waals surface area contributed by atoms with Crippen LogP contribution in [0, 0.1) is 12.3 Å². The maximum Gasteiger partial charge on any atom is 0.393 e. The van der Waals surface area contributed by atoms with E-state index in [2.05, 4.69) is 32.1 Å². The number of nitrogens with zero attached hydrogens (tertiary/aromatic N) is 4. The van der Waals surface area contributed by atoms with Crippen molar-refractivity contribution in [2.45, 2.75) is 19.5 Å². The van der Waals surface area contributed by atoms with E-state index in [1.807, 2.05) is 13.0 Å². The van der Waals surface area contributed by atoms with Crippen LogP contribution in [-0.4, -0.2) is 65.9 Å². The predicted octanol–water partition coefficient (Wildman–Crippen LogP) is 4.55. The lowest BCUT2D eigenvalue weighted by Gasteiger charge is -2.32. The van der Waals surface area contributed by atoms with Crippen LogP contribution in [0.4, 0.5) is 24.8 Å². The Bertz CT molecular complexity index is 1420. The zero-order valence-corrected chi connectivity index (χ0v) is 21.1. The molecule has 0 saturated carbocycles. The summed E-state index contributed by atoms with van der Waals surface area (Å²) in [7, 11) is 2.09. The van der Waals surface area contributed by atoms with Gasteiger partial charge in [0.25, 0.3) is 5.91 Å². The highest BCUT2D eigenvalue weighted by Gasteiger charge is 2.30. The highest BCUT2D eigenvalue weighted by molar-refractivity contribution is 6.35. The third-order valence-corrected chi connectivity index (χ3v) is 6.82. The van der Waals surface area contributed by atoms with Gasteiger partial charge in [0.05, 0.1) is 12.1 Å². The average molecular weight is 521 g/mol. The Morgan fingerprint density at radius 3 is 2.45 bits per heavy atom. The lowest BCUT2D eigenvalue weighted by atomic mass is 9.96. The van der Waals surface area contributed by atoms with Gasteiger partial charge in [-0.05, 0) is 48.9 Å². The van der Waals surface area contributed by atoms with Crippen molar-refractivity contribution >= 4 is 34.9 Å². The van der Waals surface area contributed by atoms with Crippen LogP contribution in [-0.2, 0) is 11.2 Å². The predicted molar refractivity (Wildman–Crippen MR) is 142 cm³/mol. The van der Waals surface area contributed by atoms with Crippen molar-refractivity contribution in [3.63, 3.8) is 0 Å². The molecule has 2 N–H and O–H groups in total. The highest BCUT2D eigenvalue weighted by Crippen LogP contribution is 2.35. The number of alkyl halides is 3. The second kappa shape index (κ2) is 10.0. The molecule has 196 valence electrons. The van der Waals surface area contributed by atoms with E-state index in [4.69, 9.17) is 5.41 Å². The Kier molecular flexibility index (Phi) is 6.75. The summed E-state index contributed by atoms with van der Waals surface area (Å²) in [4.78, 5) is 25.9. The minimum atomic E-state index is -4.33. The fraction of sp³-hybridized carbons (Fsp3) is 0.286. The molecule has 3 aromatic rings. The number of fused-ring (bicyclic) bond motifs is 1. The molecule has 7 nitrogen and oxygen atoms in total. The molecule has 38 heavy (non-hydrogen) atoms. The number of carbonyl (C=O) groups excluding carboxylic acids is 1. The van der Waals surface area contributed by atoms with Crippen LogP contribution in [0.5, 0.6) is 0 Å². The topological polar surface area (TPSA) is 85.2 Å². The molecule has 1 saturated heterocycles. The number of aromatic nitrogens is 2. The second-order valence-corrected chi connectivity index (χ2v) is 9.70. The minimum Gasteiger partial charge on any atom is -0.338 e. The van der Waals surface area contributed by atoms with E-state index in [0.717, 1.165) is 31.7 Å². The molecule has 2 aliphatic rings. The van der Waals surface area contributed by atoms with Crippen molar-refractivity contribution in [1.29, 1.82) is 5.41 Å². The average Bonchev–Trinajstić information content (AvgIpc) is 3.17. The number of carbonyl (C=O) groups is 1. The van der Waals surface area contributed by atoms with Crippen LogP contribution in [0.2, 0.25) is 0 Å². The van der Waals surface area contributed by atoms with Crippen LogP contribution in [0.1, 0.15) is 33.4 Å². The van der Waals surface area contributed by atoms with Gasteiger partial charge in [-0.1, -0.05) is 24.3 Å². The Balaban J connectivity index is 1.36. The van der Waals surface area contributed by atoms with Gasteiger partial charge in [0.15, 0.2) is 0 Å². The molecule has 0 radical (unpaired) electrons. The van der Waals surface area contributed by atoms with Crippen molar-refractivity contribution in [1.82, 2.24) is 14.9 Å². The first-order valence-corrected chi connectivity index (χ1v) is 12.3. The third kappa shape index (κ3) is 5.45. The Labute approximate surface area is 218 Å². The van der Waals surface area contributed by atoms with Gasteiger partial charge in [-0.25, -0.2) is 9.97 Å². The molecule has 2 aromatic carbocycles. The van der Waals surface area contributed by atoms with E-state index in [9.17, 15) is 18.0 Å². The summed E-state index contributed by atoms with van der Waals surface area (Å²) in [5.74, 6) is 0.290. The number of hydrogen-bond donors (Lipinski definition) is 2. The molecular weight excluding hydrogens is 493 g/mol. The summed E-state index contributed by atoms with van der Waals surface area (Å²) in [6.07, 6.45) is -0.403. The van der Waals surface area contributed by atoms with Gasteiger partial charge in [0.2, 0.25) is 5.95 Å². The molecule has 0 spiro atoms. The number of benzene rings is 2. The molecule has 10 heteroatoms. The summed E-state index contributed by atoms with van der Waals surface area (Å²) in [5, 5.41) is 11.4. The smallest absolute Gasteiger partial charge is 0.338 e. The van der Waals surface area contributed by atoms with E-state index in [0.29, 0.717) is 39.5 Å². The van der Waals surface area contributed by atoms with E-state index < -0.39 is 12.6 Å². The van der Waals surface area contributed by atoms with Crippen LogP contribution in [0.15, 0.2) is 48.8 Å². The molecule has 0 bridgehead atoms. The Hall–Kier alpha value is -4.05. The normalized spacial score (nSPS) is 17.0. The first-order chi connectivity index (χ1) is 18.1. The van der Waals surface area contributed by atoms with E-state index in [1.165, 1.54) is 18.2 Å². The van der Waals surface area contributed by atoms with Gasteiger partial charge in [-0.15, -0.1) is 0 Å². The van der Waals surface area contributed by atoms with Gasteiger partial charge >= 0.3 is 6.18 Å². The maximum absolute atomic E-state index is 12.9. The van der Waals surface area contributed by atoms with Crippen molar-refractivity contribution in [3.8, 4) is 0 Å². The fourth-order valence-corrected chi connectivity index (χ4v) is 4.72. The summed E-state index contributed by atoms with van der Waals surface area (Å²) >= 11 is 0. The SMILES string of the molecule is Cc1cc(/C=C2/C(=O)Nc3ccc(CC(F)(F)F)cc32)ccc1C(=N)c1cnc(N2CCN(C)CC2)nc1. The zero-order chi connectivity index (χ0) is 27.0. The standard InChI is InChI=1S/C28H27F3N6O/c1-17-11-18(12-23-22-13-19(14-28(29,30)31)4-6-24(22)35-26(23)38)3-5-21(17)25(32)20-15-33-27(34-16-20)37-9-7-36(2)8-10-37/h3-6,11-13,15-16,32H,7-10,14H2,1-2H3,(H,35,38)/b23-12+,32-25?. The first-order valence-electron chi connectivity index (χ1n) is 12.3. The number of aryl methyl sites for hydroxylation is 1. The number of anilines is 2. The van der Waals surface area contributed by atoms with E-state index in [1.54, 1.807) is 30.6 Å². The number of rotatable bonds is 5. The molecule has 1 fully saturated rings. The summed E-state index contributed by atoms with van der Waals surface area (Å²) < 4.78 is 38.6. The van der Waals surface area contributed by atoms with E-state index in [-0.39, 0.29) is 17.2 Å². The summed E-state index contributed by atoms with van der Waals surface area (Å²) in [6, 6.07) is 9.72. The van der Waals surface area contributed by atoms with Crippen LogP contribution in [0.3, 0.4) is 0 Å².